The van der Waals surface area contributed by atoms with Crippen LogP contribution in [0.15, 0.2) is 42.5 Å². The van der Waals surface area contributed by atoms with E-state index in [9.17, 15) is 14.7 Å². The highest BCUT2D eigenvalue weighted by Gasteiger charge is 2.14. The molecule has 0 amide bonds. The van der Waals surface area contributed by atoms with Crippen molar-refractivity contribution >= 4 is 11.9 Å². The lowest BCUT2D eigenvalue weighted by molar-refractivity contribution is 0.0597. The zero-order valence-corrected chi connectivity index (χ0v) is 12.7. The molecule has 6 heteroatoms. The third-order valence-corrected chi connectivity index (χ3v) is 2.99. The SMILES string of the molecule is CCOc1ccc(C(=O)Oc2ccc(C(=O)OC)c(O)c2)cc1. The average Bonchev–Trinajstić information content (AvgIpc) is 2.55. The standard InChI is InChI=1S/C17H16O6/c1-3-22-12-6-4-11(5-7-12)16(19)23-13-8-9-14(15(18)10-13)17(20)21-2/h4-10,18H,3H2,1-2H3. The predicted octanol–water partition coefficient (Wildman–Crippen LogP) is 2.80. The van der Waals surface area contributed by atoms with Crippen LogP contribution in [-0.4, -0.2) is 30.8 Å². The maximum Gasteiger partial charge on any atom is 0.343 e. The Morgan fingerprint density at radius 3 is 2.22 bits per heavy atom. The van der Waals surface area contributed by atoms with E-state index in [0.29, 0.717) is 17.9 Å². The summed E-state index contributed by atoms with van der Waals surface area (Å²) in [5, 5.41) is 9.76. The zero-order valence-electron chi connectivity index (χ0n) is 12.7. The van der Waals surface area contributed by atoms with Crippen molar-refractivity contribution in [1.29, 1.82) is 0 Å². The number of phenolic OH excluding ortho intramolecular Hbond substituents is 1. The van der Waals surface area contributed by atoms with E-state index in [2.05, 4.69) is 4.74 Å². The molecule has 0 aliphatic carbocycles. The Balaban J connectivity index is 2.10. The lowest BCUT2D eigenvalue weighted by atomic mass is 10.2. The summed E-state index contributed by atoms with van der Waals surface area (Å²) in [7, 11) is 1.21. The molecular formula is C17H16O6. The predicted molar refractivity (Wildman–Crippen MR) is 82.0 cm³/mol. The Labute approximate surface area is 133 Å². The van der Waals surface area contributed by atoms with E-state index < -0.39 is 11.9 Å². The van der Waals surface area contributed by atoms with Crippen LogP contribution in [0.5, 0.6) is 17.2 Å². The van der Waals surface area contributed by atoms with Crippen molar-refractivity contribution in [3.8, 4) is 17.2 Å². The van der Waals surface area contributed by atoms with Crippen LogP contribution in [0.2, 0.25) is 0 Å². The van der Waals surface area contributed by atoms with E-state index in [-0.39, 0.29) is 17.1 Å². The zero-order chi connectivity index (χ0) is 16.8. The summed E-state index contributed by atoms with van der Waals surface area (Å²) < 4.78 is 15.0. The summed E-state index contributed by atoms with van der Waals surface area (Å²) in [5.41, 5.74) is 0.332. The fourth-order valence-corrected chi connectivity index (χ4v) is 1.88. The van der Waals surface area contributed by atoms with Crippen molar-refractivity contribution in [3.63, 3.8) is 0 Å². The van der Waals surface area contributed by atoms with E-state index in [4.69, 9.17) is 9.47 Å². The van der Waals surface area contributed by atoms with Crippen LogP contribution in [0.4, 0.5) is 0 Å². The first-order valence-electron chi connectivity index (χ1n) is 6.91. The van der Waals surface area contributed by atoms with Gasteiger partial charge in [0.15, 0.2) is 0 Å². The maximum absolute atomic E-state index is 12.0. The molecule has 0 atom stereocenters. The number of carbonyl (C=O) groups is 2. The van der Waals surface area contributed by atoms with Crippen LogP contribution in [0.25, 0.3) is 0 Å². The van der Waals surface area contributed by atoms with Gasteiger partial charge in [-0.2, -0.15) is 0 Å². The van der Waals surface area contributed by atoms with Gasteiger partial charge in [0, 0.05) is 6.07 Å². The average molecular weight is 316 g/mol. The fourth-order valence-electron chi connectivity index (χ4n) is 1.88. The number of rotatable bonds is 5. The highest BCUT2D eigenvalue weighted by molar-refractivity contribution is 5.93. The first kappa shape index (κ1) is 16.4. The van der Waals surface area contributed by atoms with Gasteiger partial charge in [-0.25, -0.2) is 9.59 Å². The monoisotopic (exact) mass is 316 g/mol. The van der Waals surface area contributed by atoms with E-state index in [1.165, 1.54) is 25.3 Å². The number of benzene rings is 2. The number of hydrogen-bond acceptors (Lipinski definition) is 6. The second kappa shape index (κ2) is 7.31. The molecule has 0 aliphatic rings. The van der Waals surface area contributed by atoms with E-state index in [0.717, 1.165) is 0 Å². The molecule has 2 rings (SSSR count). The topological polar surface area (TPSA) is 82.1 Å². The molecule has 0 heterocycles. The Morgan fingerprint density at radius 2 is 1.65 bits per heavy atom. The lowest BCUT2D eigenvalue weighted by Crippen LogP contribution is -2.09. The van der Waals surface area contributed by atoms with Crippen LogP contribution in [0.1, 0.15) is 27.6 Å². The van der Waals surface area contributed by atoms with Gasteiger partial charge in [-0.1, -0.05) is 0 Å². The number of hydrogen-bond donors (Lipinski definition) is 1. The molecule has 0 fully saturated rings. The van der Waals surface area contributed by atoms with Gasteiger partial charge in [0.1, 0.15) is 22.8 Å². The smallest absolute Gasteiger partial charge is 0.343 e. The van der Waals surface area contributed by atoms with Crippen molar-refractivity contribution in [2.24, 2.45) is 0 Å². The summed E-state index contributed by atoms with van der Waals surface area (Å²) in [6.07, 6.45) is 0. The van der Waals surface area contributed by atoms with Crippen LogP contribution < -0.4 is 9.47 Å². The summed E-state index contributed by atoms with van der Waals surface area (Å²) >= 11 is 0. The van der Waals surface area contributed by atoms with Gasteiger partial charge in [0.25, 0.3) is 0 Å². The van der Waals surface area contributed by atoms with Crippen LogP contribution in [-0.2, 0) is 4.74 Å². The quantitative estimate of drug-likeness (QED) is 0.674. The number of ether oxygens (including phenoxy) is 3. The summed E-state index contributed by atoms with van der Waals surface area (Å²) in [5.74, 6) is -0.808. The van der Waals surface area contributed by atoms with Gasteiger partial charge in [-0.15, -0.1) is 0 Å². The molecule has 0 saturated heterocycles. The molecule has 23 heavy (non-hydrogen) atoms. The minimum absolute atomic E-state index is 0.00614. The van der Waals surface area contributed by atoms with Gasteiger partial charge in [0.2, 0.25) is 0 Å². The van der Waals surface area contributed by atoms with Gasteiger partial charge in [-0.05, 0) is 43.3 Å². The highest BCUT2D eigenvalue weighted by Crippen LogP contribution is 2.25. The first-order valence-corrected chi connectivity index (χ1v) is 6.91. The van der Waals surface area contributed by atoms with Gasteiger partial charge in [0.05, 0.1) is 19.3 Å². The minimum atomic E-state index is -0.674. The van der Waals surface area contributed by atoms with Gasteiger partial charge >= 0.3 is 11.9 Å². The minimum Gasteiger partial charge on any atom is -0.507 e. The number of methoxy groups -OCH3 is 1. The summed E-state index contributed by atoms with van der Waals surface area (Å²) in [4.78, 5) is 23.4. The van der Waals surface area contributed by atoms with Crippen molar-refractivity contribution in [1.82, 2.24) is 0 Å². The van der Waals surface area contributed by atoms with Gasteiger partial charge in [-0.3, -0.25) is 0 Å². The Kier molecular flexibility index (Phi) is 5.19. The Morgan fingerprint density at radius 1 is 1.00 bits per heavy atom. The molecule has 0 aliphatic heterocycles. The molecule has 2 aromatic rings. The molecule has 0 radical (unpaired) electrons. The molecule has 2 aromatic carbocycles. The number of esters is 2. The lowest BCUT2D eigenvalue weighted by Gasteiger charge is -2.08. The van der Waals surface area contributed by atoms with Crippen molar-refractivity contribution < 1.29 is 28.9 Å². The van der Waals surface area contributed by atoms with Gasteiger partial charge < -0.3 is 19.3 Å². The molecule has 120 valence electrons. The summed E-state index contributed by atoms with van der Waals surface area (Å²) in [6, 6.07) is 10.4. The van der Waals surface area contributed by atoms with Crippen LogP contribution in [0.3, 0.4) is 0 Å². The highest BCUT2D eigenvalue weighted by atomic mass is 16.5. The van der Waals surface area contributed by atoms with E-state index in [1.54, 1.807) is 24.3 Å². The number of aromatic hydroxyl groups is 1. The summed E-state index contributed by atoms with van der Waals surface area (Å²) in [6.45, 7) is 2.41. The normalized spacial score (nSPS) is 10.0. The maximum atomic E-state index is 12.0. The largest absolute Gasteiger partial charge is 0.507 e. The molecule has 0 bridgehead atoms. The molecule has 6 nitrogen and oxygen atoms in total. The Hall–Kier alpha value is -3.02. The third-order valence-electron chi connectivity index (χ3n) is 2.99. The van der Waals surface area contributed by atoms with Crippen LogP contribution >= 0.6 is 0 Å². The molecule has 0 aromatic heterocycles. The second-order valence-corrected chi connectivity index (χ2v) is 4.52. The fraction of sp³-hybridized carbons (Fsp3) is 0.176. The second-order valence-electron chi connectivity index (χ2n) is 4.52. The Bertz CT molecular complexity index is 706. The van der Waals surface area contributed by atoms with Crippen molar-refractivity contribution in [2.45, 2.75) is 6.92 Å². The number of carbonyl (C=O) groups excluding carboxylic acids is 2. The molecule has 1 N–H and O–H groups in total. The van der Waals surface area contributed by atoms with Crippen LogP contribution in [0, 0.1) is 0 Å². The number of phenols is 1. The molecule has 0 spiro atoms. The third kappa shape index (κ3) is 4.00. The van der Waals surface area contributed by atoms with Crippen molar-refractivity contribution in [3.05, 3.63) is 53.6 Å². The molecule has 0 saturated carbocycles. The molecular weight excluding hydrogens is 300 g/mol. The van der Waals surface area contributed by atoms with E-state index in [1.807, 2.05) is 6.92 Å². The van der Waals surface area contributed by atoms with Crippen molar-refractivity contribution in [2.75, 3.05) is 13.7 Å². The molecule has 0 unspecified atom stereocenters. The first-order chi connectivity index (χ1) is 11.0. The van der Waals surface area contributed by atoms with E-state index >= 15 is 0 Å².